The Hall–Kier alpha value is -3.77. The van der Waals surface area contributed by atoms with Crippen molar-refractivity contribution < 1.29 is 14.3 Å². The van der Waals surface area contributed by atoms with Crippen LogP contribution in [0.25, 0.3) is 10.9 Å². The summed E-state index contributed by atoms with van der Waals surface area (Å²) in [7, 11) is 0. The first-order valence-corrected chi connectivity index (χ1v) is 11.2. The van der Waals surface area contributed by atoms with Crippen LogP contribution in [0.1, 0.15) is 29.5 Å². The summed E-state index contributed by atoms with van der Waals surface area (Å²) in [6.07, 6.45) is 2.08. The van der Waals surface area contributed by atoms with Crippen LogP contribution in [0.2, 0.25) is 0 Å². The largest absolute Gasteiger partial charge is 0.454 e. The van der Waals surface area contributed by atoms with Crippen molar-refractivity contribution in [1.82, 2.24) is 15.6 Å². The zero-order valence-electron chi connectivity index (χ0n) is 18.5. The van der Waals surface area contributed by atoms with E-state index in [1.807, 2.05) is 37.3 Å². The topological polar surface area (TPSA) is 75.4 Å². The van der Waals surface area contributed by atoms with Gasteiger partial charge in [0, 0.05) is 36.1 Å². The summed E-state index contributed by atoms with van der Waals surface area (Å²) in [4.78, 5) is 16.1. The number of nitrogens with one attached hydrogen (secondary N) is 3. The smallest absolute Gasteiger partial charge is 0.237 e. The van der Waals surface area contributed by atoms with Crippen LogP contribution >= 0.6 is 0 Å². The first-order valence-electron chi connectivity index (χ1n) is 11.2. The van der Waals surface area contributed by atoms with Gasteiger partial charge in [-0.2, -0.15) is 0 Å². The molecular weight excluding hydrogens is 414 g/mol. The molecular formula is C27H27N3O3. The third kappa shape index (κ3) is 4.56. The van der Waals surface area contributed by atoms with Crippen LogP contribution in [-0.2, 0) is 11.3 Å². The molecule has 1 aliphatic heterocycles. The number of H-pyrrole nitrogens is 1. The van der Waals surface area contributed by atoms with E-state index in [0.29, 0.717) is 13.1 Å². The predicted molar refractivity (Wildman–Crippen MR) is 128 cm³/mol. The Bertz CT molecular complexity index is 1250. The zero-order chi connectivity index (χ0) is 22.6. The molecule has 0 bridgehead atoms. The molecule has 33 heavy (non-hydrogen) atoms. The van der Waals surface area contributed by atoms with E-state index in [1.54, 1.807) is 0 Å². The number of ether oxygens (including phenoxy) is 2. The van der Waals surface area contributed by atoms with Gasteiger partial charge in [0.1, 0.15) is 0 Å². The number of amides is 1. The number of hydrogen-bond donors (Lipinski definition) is 3. The Morgan fingerprint density at radius 3 is 2.67 bits per heavy atom. The summed E-state index contributed by atoms with van der Waals surface area (Å²) in [5.74, 6) is 1.53. The number of fused-ring (bicyclic) bond motifs is 2. The van der Waals surface area contributed by atoms with Crippen LogP contribution in [0.4, 0.5) is 0 Å². The second-order valence-corrected chi connectivity index (χ2v) is 8.29. The van der Waals surface area contributed by atoms with Crippen molar-refractivity contribution in [3.8, 4) is 11.5 Å². The van der Waals surface area contributed by atoms with E-state index < -0.39 is 0 Å². The number of aromatic nitrogens is 1. The van der Waals surface area contributed by atoms with Gasteiger partial charge in [0.25, 0.3) is 0 Å². The summed E-state index contributed by atoms with van der Waals surface area (Å²) in [6, 6.07) is 24.1. The van der Waals surface area contributed by atoms with E-state index in [9.17, 15) is 4.79 Å². The van der Waals surface area contributed by atoms with Crippen molar-refractivity contribution in [2.75, 3.05) is 13.3 Å². The van der Waals surface area contributed by atoms with E-state index in [2.05, 4.69) is 64.3 Å². The highest BCUT2D eigenvalue weighted by Gasteiger charge is 2.21. The van der Waals surface area contributed by atoms with Crippen molar-refractivity contribution in [2.24, 2.45) is 0 Å². The molecule has 0 saturated heterocycles. The number of aromatic amines is 1. The van der Waals surface area contributed by atoms with E-state index >= 15 is 0 Å². The van der Waals surface area contributed by atoms with E-state index in [4.69, 9.17) is 9.47 Å². The van der Waals surface area contributed by atoms with Crippen molar-refractivity contribution in [2.45, 2.75) is 25.4 Å². The molecule has 3 N–H and O–H groups in total. The third-order valence-electron chi connectivity index (χ3n) is 6.12. The second kappa shape index (κ2) is 9.38. The normalized spacial score (nSPS) is 14.2. The van der Waals surface area contributed by atoms with Crippen molar-refractivity contribution in [1.29, 1.82) is 0 Å². The lowest BCUT2D eigenvalue weighted by atomic mass is 9.90. The summed E-state index contributed by atoms with van der Waals surface area (Å²) in [6.45, 7) is 3.22. The molecule has 0 aliphatic carbocycles. The molecule has 6 heteroatoms. The Balaban J connectivity index is 1.25. The maximum Gasteiger partial charge on any atom is 0.237 e. The molecule has 3 aromatic carbocycles. The van der Waals surface area contributed by atoms with Crippen LogP contribution in [0.15, 0.2) is 79.0 Å². The Morgan fingerprint density at radius 1 is 1.00 bits per heavy atom. The number of benzene rings is 3. The van der Waals surface area contributed by atoms with Crippen LogP contribution in [0.5, 0.6) is 11.5 Å². The second-order valence-electron chi connectivity index (χ2n) is 8.29. The van der Waals surface area contributed by atoms with Crippen LogP contribution < -0.4 is 20.1 Å². The maximum absolute atomic E-state index is 12.8. The number of hydrogen-bond acceptors (Lipinski definition) is 4. The standard InChI is InChI=1S/C27H27N3O3/c1-18(27(31)30-14-19-11-12-25-26(13-19)33-17-32-25)28-15-22(20-7-3-2-4-8-20)23-16-29-24-10-6-5-9-21(23)24/h2-13,16,18,22,28-29H,14-15,17H2,1H3,(H,30,31)/t18-,22+/m1/s1. The third-order valence-corrected chi connectivity index (χ3v) is 6.12. The van der Waals surface area contributed by atoms with Gasteiger partial charge < -0.3 is 25.1 Å². The molecule has 6 nitrogen and oxygen atoms in total. The molecule has 1 aromatic heterocycles. The highest BCUT2D eigenvalue weighted by atomic mass is 16.7. The van der Waals surface area contributed by atoms with E-state index in [1.165, 1.54) is 16.5 Å². The Kier molecular flexibility index (Phi) is 6.00. The predicted octanol–water partition coefficient (Wildman–Crippen LogP) is 4.32. The van der Waals surface area contributed by atoms with E-state index in [0.717, 1.165) is 22.6 Å². The van der Waals surface area contributed by atoms with Gasteiger partial charge in [-0.1, -0.05) is 54.6 Å². The minimum Gasteiger partial charge on any atom is -0.454 e. The molecule has 0 radical (unpaired) electrons. The number of carbonyl (C=O) groups is 1. The van der Waals surface area contributed by atoms with Crippen LogP contribution in [-0.4, -0.2) is 30.3 Å². The number of carbonyl (C=O) groups excluding carboxylic acids is 1. The van der Waals surface area contributed by atoms with Crippen LogP contribution in [0.3, 0.4) is 0 Å². The summed E-state index contributed by atoms with van der Waals surface area (Å²) < 4.78 is 10.8. The molecule has 2 heterocycles. The highest BCUT2D eigenvalue weighted by molar-refractivity contribution is 5.84. The maximum atomic E-state index is 12.8. The van der Waals surface area contributed by atoms with Gasteiger partial charge in [-0.25, -0.2) is 0 Å². The van der Waals surface area contributed by atoms with Gasteiger partial charge in [-0.3, -0.25) is 4.79 Å². The van der Waals surface area contributed by atoms with Gasteiger partial charge in [0.05, 0.1) is 6.04 Å². The van der Waals surface area contributed by atoms with Gasteiger partial charge >= 0.3 is 0 Å². The average molecular weight is 442 g/mol. The first-order chi connectivity index (χ1) is 16.2. The first kappa shape index (κ1) is 21.1. The summed E-state index contributed by atoms with van der Waals surface area (Å²) in [5, 5.41) is 7.66. The molecule has 0 fully saturated rings. The molecule has 168 valence electrons. The number of rotatable bonds is 8. The van der Waals surface area contributed by atoms with Gasteiger partial charge in [0.2, 0.25) is 12.7 Å². The highest BCUT2D eigenvalue weighted by Crippen LogP contribution is 2.32. The molecule has 4 aromatic rings. The van der Waals surface area contributed by atoms with Gasteiger partial charge in [-0.05, 0) is 41.8 Å². The fraction of sp³-hybridized carbons (Fsp3) is 0.222. The van der Waals surface area contributed by atoms with Crippen molar-refractivity contribution in [3.05, 3.63) is 95.7 Å². The molecule has 1 aliphatic rings. The van der Waals surface area contributed by atoms with Gasteiger partial charge in [0.15, 0.2) is 11.5 Å². The molecule has 2 atom stereocenters. The van der Waals surface area contributed by atoms with Crippen molar-refractivity contribution >= 4 is 16.8 Å². The lowest BCUT2D eigenvalue weighted by Gasteiger charge is -2.21. The zero-order valence-corrected chi connectivity index (χ0v) is 18.5. The quantitative estimate of drug-likeness (QED) is 0.381. The minimum absolute atomic E-state index is 0.0431. The summed E-state index contributed by atoms with van der Waals surface area (Å²) in [5.41, 5.74) is 4.52. The molecule has 0 spiro atoms. The van der Waals surface area contributed by atoms with E-state index in [-0.39, 0.29) is 24.7 Å². The minimum atomic E-state index is -0.338. The molecule has 0 saturated carbocycles. The Morgan fingerprint density at radius 2 is 1.79 bits per heavy atom. The fourth-order valence-corrected chi connectivity index (χ4v) is 4.26. The molecule has 5 rings (SSSR count). The Labute approximate surface area is 192 Å². The number of para-hydroxylation sites is 1. The lowest BCUT2D eigenvalue weighted by molar-refractivity contribution is -0.122. The lowest BCUT2D eigenvalue weighted by Crippen LogP contribution is -2.43. The monoisotopic (exact) mass is 441 g/mol. The SMILES string of the molecule is C[C@@H](NC[C@@H](c1ccccc1)c1c[nH]c2ccccc12)C(=O)NCc1ccc2c(c1)OCO2. The molecule has 0 unspecified atom stereocenters. The summed E-state index contributed by atoms with van der Waals surface area (Å²) >= 11 is 0. The van der Waals surface area contributed by atoms with Crippen molar-refractivity contribution in [3.63, 3.8) is 0 Å². The molecule has 1 amide bonds. The average Bonchev–Trinajstić information content (AvgIpc) is 3.50. The fourth-order valence-electron chi connectivity index (χ4n) is 4.26. The van der Waals surface area contributed by atoms with Crippen LogP contribution in [0, 0.1) is 0 Å². The van der Waals surface area contributed by atoms with Gasteiger partial charge in [-0.15, -0.1) is 0 Å².